The van der Waals surface area contributed by atoms with E-state index in [1.807, 2.05) is 11.4 Å². The van der Waals surface area contributed by atoms with Gasteiger partial charge in [-0.15, -0.1) is 11.3 Å². The van der Waals surface area contributed by atoms with Crippen LogP contribution in [0.3, 0.4) is 0 Å². The highest BCUT2D eigenvalue weighted by atomic mass is 32.1. The Labute approximate surface area is 106 Å². The average molecular weight is 253 g/mol. The van der Waals surface area contributed by atoms with Gasteiger partial charge in [-0.25, -0.2) is 4.79 Å². The molecule has 1 aliphatic carbocycles. The fourth-order valence-electron chi connectivity index (χ4n) is 2.58. The van der Waals surface area contributed by atoms with E-state index in [2.05, 4.69) is 33.0 Å². The Balaban J connectivity index is 2.01. The highest BCUT2D eigenvalue weighted by molar-refractivity contribution is 7.12. The van der Waals surface area contributed by atoms with Crippen LogP contribution in [0.5, 0.6) is 0 Å². The topological polar surface area (TPSA) is 49.3 Å². The standard InChI is InChI=1S/C13H19NO2S/c1-12(2)11(13(12,3)4)14-7-8-5-6-17-9(8)10(15)16/h5-6,11,14H,7H2,1-4H3,(H,15,16). The zero-order chi connectivity index (χ0) is 12.8. The Kier molecular flexibility index (Phi) is 2.83. The Bertz CT molecular complexity index is 434. The van der Waals surface area contributed by atoms with Gasteiger partial charge in [0.05, 0.1) is 0 Å². The molecule has 0 spiro atoms. The lowest BCUT2D eigenvalue weighted by Crippen LogP contribution is -2.22. The SMILES string of the molecule is CC1(C)C(NCc2ccsc2C(=O)O)C1(C)C. The summed E-state index contributed by atoms with van der Waals surface area (Å²) in [7, 11) is 0. The van der Waals surface area contributed by atoms with Crippen molar-refractivity contribution in [2.45, 2.75) is 40.3 Å². The molecule has 1 saturated carbocycles. The second-order valence-electron chi connectivity index (χ2n) is 5.84. The largest absolute Gasteiger partial charge is 0.477 e. The number of aromatic carboxylic acids is 1. The van der Waals surface area contributed by atoms with Crippen molar-refractivity contribution in [2.75, 3.05) is 0 Å². The van der Waals surface area contributed by atoms with Crippen LogP contribution in [-0.4, -0.2) is 17.1 Å². The molecule has 1 heterocycles. The molecule has 0 bridgehead atoms. The first-order valence-corrected chi connectivity index (χ1v) is 6.69. The number of rotatable bonds is 4. The third-order valence-corrected chi connectivity index (χ3v) is 5.40. The summed E-state index contributed by atoms with van der Waals surface area (Å²) in [6, 6.07) is 2.35. The number of carboxylic acids is 1. The second-order valence-corrected chi connectivity index (χ2v) is 6.75. The highest BCUT2D eigenvalue weighted by Gasteiger charge is 2.64. The molecule has 2 rings (SSSR count). The number of hydrogen-bond donors (Lipinski definition) is 2. The van der Waals surface area contributed by atoms with Crippen LogP contribution < -0.4 is 5.32 Å². The van der Waals surface area contributed by atoms with Gasteiger partial charge in [0.25, 0.3) is 0 Å². The molecular weight excluding hydrogens is 234 g/mol. The zero-order valence-electron chi connectivity index (χ0n) is 10.7. The van der Waals surface area contributed by atoms with Crippen LogP contribution >= 0.6 is 11.3 Å². The molecular formula is C13H19NO2S. The van der Waals surface area contributed by atoms with Crippen molar-refractivity contribution in [3.05, 3.63) is 21.9 Å². The van der Waals surface area contributed by atoms with E-state index in [1.54, 1.807) is 0 Å². The lowest BCUT2D eigenvalue weighted by atomic mass is 10.0. The lowest BCUT2D eigenvalue weighted by molar-refractivity contribution is 0.0701. The first-order chi connectivity index (χ1) is 7.78. The fraction of sp³-hybridized carbons (Fsp3) is 0.615. The Morgan fingerprint density at radius 3 is 2.47 bits per heavy atom. The lowest BCUT2D eigenvalue weighted by Gasteiger charge is -2.06. The molecule has 0 unspecified atom stereocenters. The van der Waals surface area contributed by atoms with Crippen LogP contribution in [-0.2, 0) is 6.54 Å². The molecule has 1 fully saturated rings. The summed E-state index contributed by atoms with van der Waals surface area (Å²) in [5.74, 6) is -0.828. The van der Waals surface area contributed by atoms with Gasteiger partial charge in [-0.3, -0.25) is 0 Å². The maximum Gasteiger partial charge on any atom is 0.346 e. The summed E-state index contributed by atoms with van der Waals surface area (Å²) >= 11 is 1.29. The minimum absolute atomic E-state index is 0.284. The number of hydrogen-bond acceptors (Lipinski definition) is 3. The van der Waals surface area contributed by atoms with Gasteiger partial charge >= 0.3 is 5.97 Å². The van der Waals surface area contributed by atoms with Gasteiger partial charge in [0.1, 0.15) is 4.88 Å². The zero-order valence-corrected chi connectivity index (χ0v) is 11.5. The minimum atomic E-state index is -0.828. The summed E-state index contributed by atoms with van der Waals surface area (Å²) in [6.07, 6.45) is 0. The Hall–Kier alpha value is -0.870. The minimum Gasteiger partial charge on any atom is -0.477 e. The molecule has 0 radical (unpaired) electrons. The molecule has 0 aromatic carbocycles. The normalized spacial score (nSPS) is 21.4. The number of carboxylic acid groups (broad SMARTS) is 1. The Morgan fingerprint density at radius 2 is 2.00 bits per heavy atom. The van der Waals surface area contributed by atoms with Gasteiger partial charge in [0.2, 0.25) is 0 Å². The molecule has 0 atom stereocenters. The van der Waals surface area contributed by atoms with E-state index in [4.69, 9.17) is 5.11 Å². The van der Waals surface area contributed by atoms with Crippen LogP contribution in [0.4, 0.5) is 0 Å². The van der Waals surface area contributed by atoms with Gasteiger partial charge in [-0.1, -0.05) is 27.7 Å². The van der Waals surface area contributed by atoms with Gasteiger partial charge in [0.15, 0.2) is 0 Å². The van der Waals surface area contributed by atoms with E-state index in [0.29, 0.717) is 17.5 Å². The van der Waals surface area contributed by atoms with Gasteiger partial charge in [0, 0.05) is 12.6 Å². The molecule has 3 nitrogen and oxygen atoms in total. The van der Waals surface area contributed by atoms with Crippen LogP contribution in [0.25, 0.3) is 0 Å². The van der Waals surface area contributed by atoms with Crippen LogP contribution in [0.15, 0.2) is 11.4 Å². The van der Waals surface area contributed by atoms with E-state index in [-0.39, 0.29) is 10.8 Å². The van der Waals surface area contributed by atoms with E-state index < -0.39 is 5.97 Å². The van der Waals surface area contributed by atoms with E-state index in [0.717, 1.165) is 5.56 Å². The Morgan fingerprint density at radius 1 is 1.41 bits per heavy atom. The number of nitrogens with one attached hydrogen (secondary N) is 1. The molecule has 0 saturated heterocycles. The molecule has 0 aliphatic heterocycles. The smallest absolute Gasteiger partial charge is 0.346 e. The maximum atomic E-state index is 11.0. The summed E-state index contributed by atoms with van der Waals surface area (Å²) in [4.78, 5) is 11.4. The third-order valence-electron chi connectivity index (χ3n) is 4.46. The molecule has 2 N–H and O–H groups in total. The van der Waals surface area contributed by atoms with Gasteiger partial charge < -0.3 is 10.4 Å². The molecule has 4 heteroatoms. The highest BCUT2D eigenvalue weighted by Crippen LogP contribution is 2.62. The molecule has 0 amide bonds. The van der Waals surface area contributed by atoms with Crippen LogP contribution in [0, 0.1) is 10.8 Å². The summed E-state index contributed by atoms with van der Waals surface area (Å²) in [6.45, 7) is 9.63. The predicted molar refractivity (Wildman–Crippen MR) is 69.5 cm³/mol. The fourth-order valence-corrected chi connectivity index (χ4v) is 3.34. The maximum absolute atomic E-state index is 11.0. The number of thiophene rings is 1. The summed E-state index contributed by atoms with van der Waals surface area (Å²) in [5.41, 5.74) is 1.46. The van der Waals surface area contributed by atoms with Gasteiger partial charge in [-0.2, -0.15) is 0 Å². The van der Waals surface area contributed by atoms with Crippen molar-refractivity contribution in [3.63, 3.8) is 0 Å². The molecule has 17 heavy (non-hydrogen) atoms. The number of carbonyl (C=O) groups is 1. The molecule has 94 valence electrons. The van der Waals surface area contributed by atoms with Crippen molar-refractivity contribution in [2.24, 2.45) is 10.8 Å². The van der Waals surface area contributed by atoms with Crippen molar-refractivity contribution >= 4 is 17.3 Å². The van der Waals surface area contributed by atoms with Crippen molar-refractivity contribution in [1.29, 1.82) is 0 Å². The molecule has 1 aromatic heterocycles. The quantitative estimate of drug-likeness (QED) is 0.867. The van der Waals surface area contributed by atoms with E-state index >= 15 is 0 Å². The first-order valence-electron chi connectivity index (χ1n) is 5.81. The van der Waals surface area contributed by atoms with Crippen LogP contribution in [0.2, 0.25) is 0 Å². The molecule has 1 aliphatic rings. The molecule has 1 aromatic rings. The van der Waals surface area contributed by atoms with Crippen molar-refractivity contribution < 1.29 is 9.90 Å². The van der Waals surface area contributed by atoms with Crippen molar-refractivity contribution in [1.82, 2.24) is 5.32 Å². The van der Waals surface area contributed by atoms with Gasteiger partial charge in [-0.05, 0) is 27.8 Å². The third kappa shape index (κ3) is 1.89. The monoisotopic (exact) mass is 253 g/mol. The summed E-state index contributed by atoms with van der Waals surface area (Å²) < 4.78 is 0. The second kappa shape index (κ2) is 3.82. The van der Waals surface area contributed by atoms with E-state index in [1.165, 1.54) is 11.3 Å². The van der Waals surface area contributed by atoms with Crippen LogP contribution in [0.1, 0.15) is 42.9 Å². The van der Waals surface area contributed by atoms with Crippen molar-refractivity contribution in [3.8, 4) is 0 Å². The summed E-state index contributed by atoms with van der Waals surface area (Å²) in [5, 5.41) is 14.3. The average Bonchev–Trinajstić information content (AvgIpc) is 2.56. The van der Waals surface area contributed by atoms with E-state index in [9.17, 15) is 4.79 Å². The predicted octanol–water partition coefficient (Wildman–Crippen LogP) is 2.97. The first kappa shape index (κ1) is 12.6.